The van der Waals surface area contributed by atoms with Crippen LogP contribution in [0.4, 0.5) is 14.7 Å². The van der Waals surface area contributed by atoms with Crippen molar-refractivity contribution in [1.82, 2.24) is 20.2 Å². The number of rotatable bonds is 5. The average Bonchev–Trinajstić information content (AvgIpc) is 3.20. The van der Waals surface area contributed by atoms with Gasteiger partial charge in [0.15, 0.2) is 0 Å². The largest absolute Gasteiger partial charge is 0.415 e. The quantitative estimate of drug-likeness (QED) is 0.613. The molecule has 9 heteroatoms. The van der Waals surface area contributed by atoms with Gasteiger partial charge in [-0.1, -0.05) is 43.0 Å². The summed E-state index contributed by atoms with van der Waals surface area (Å²) in [5.41, 5.74) is 1.26. The molecule has 1 aliphatic rings. The Kier molecular flexibility index (Phi) is 5.21. The second-order valence-electron chi connectivity index (χ2n) is 6.82. The van der Waals surface area contributed by atoms with Crippen LogP contribution in [-0.2, 0) is 5.54 Å². The van der Waals surface area contributed by atoms with E-state index < -0.39 is 12.3 Å². The molecule has 6 nitrogen and oxygen atoms in total. The minimum absolute atomic E-state index is 0.0352. The van der Waals surface area contributed by atoms with Gasteiger partial charge in [0, 0.05) is 17.4 Å². The summed E-state index contributed by atoms with van der Waals surface area (Å²) >= 11 is 6.04. The highest BCUT2D eigenvalue weighted by Crippen LogP contribution is 2.40. The van der Waals surface area contributed by atoms with Gasteiger partial charge < -0.3 is 9.73 Å². The lowest BCUT2D eigenvalue weighted by atomic mass is 9.76. The van der Waals surface area contributed by atoms with E-state index in [-0.39, 0.29) is 11.4 Å². The van der Waals surface area contributed by atoms with Crippen LogP contribution in [0.2, 0.25) is 5.02 Å². The summed E-state index contributed by atoms with van der Waals surface area (Å²) in [7, 11) is 0. The van der Waals surface area contributed by atoms with Gasteiger partial charge in [-0.05, 0) is 30.5 Å². The molecule has 28 heavy (non-hydrogen) atoms. The van der Waals surface area contributed by atoms with Crippen LogP contribution in [0.15, 0.2) is 41.1 Å². The van der Waals surface area contributed by atoms with Crippen molar-refractivity contribution in [1.29, 1.82) is 0 Å². The molecule has 0 radical (unpaired) electrons. The maximum absolute atomic E-state index is 12.6. The molecule has 0 atom stereocenters. The lowest BCUT2D eigenvalue weighted by Gasteiger charge is -2.38. The lowest BCUT2D eigenvalue weighted by molar-refractivity contribution is 0.116. The Morgan fingerprint density at radius 1 is 1.00 bits per heavy atom. The van der Waals surface area contributed by atoms with Gasteiger partial charge in [-0.25, -0.2) is 9.97 Å². The second-order valence-corrected chi connectivity index (χ2v) is 7.25. The molecular weight excluding hydrogens is 388 g/mol. The first-order valence-electron chi connectivity index (χ1n) is 9.04. The minimum Gasteiger partial charge on any atom is -0.415 e. The number of alkyl halides is 2. The number of nitrogens with zero attached hydrogens (tertiary/aromatic N) is 4. The predicted molar refractivity (Wildman–Crippen MR) is 100 cm³/mol. The Balaban J connectivity index is 1.57. The average molecular weight is 406 g/mol. The molecule has 0 saturated heterocycles. The number of halogens is 3. The summed E-state index contributed by atoms with van der Waals surface area (Å²) in [5, 5.41) is 11.1. The van der Waals surface area contributed by atoms with Crippen molar-refractivity contribution in [2.75, 3.05) is 5.32 Å². The minimum atomic E-state index is -2.81. The summed E-state index contributed by atoms with van der Waals surface area (Å²) in [6.07, 6.45) is 5.47. The first-order valence-corrected chi connectivity index (χ1v) is 9.42. The van der Waals surface area contributed by atoms with Gasteiger partial charge in [0.05, 0.1) is 11.1 Å². The highest BCUT2D eigenvalue weighted by molar-refractivity contribution is 6.30. The number of hydrogen-bond donors (Lipinski definition) is 1. The normalized spacial score (nSPS) is 16.3. The Hall–Kier alpha value is -2.61. The summed E-state index contributed by atoms with van der Waals surface area (Å²) in [4.78, 5) is 8.66. The van der Waals surface area contributed by atoms with Crippen molar-refractivity contribution >= 4 is 17.5 Å². The Bertz CT molecular complexity index is 924. The number of benzene rings is 1. The SMILES string of the molecule is FC(F)c1nnc(-c2cnc(NC3(c4ccc(Cl)cc4)CCCCC3)nc2)o1. The Morgan fingerprint density at radius 2 is 1.68 bits per heavy atom. The molecule has 3 aromatic rings. The van der Waals surface area contributed by atoms with Gasteiger partial charge in [-0.2, -0.15) is 8.78 Å². The van der Waals surface area contributed by atoms with Crippen molar-refractivity contribution in [3.05, 3.63) is 53.1 Å². The van der Waals surface area contributed by atoms with Crippen molar-refractivity contribution < 1.29 is 13.2 Å². The van der Waals surface area contributed by atoms with E-state index in [1.165, 1.54) is 18.8 Å². The monoisotopic (exact) mass is 405 g/mol. The first-order chi connectivity index (χ1) is 13.6. The van der Waals surface area contributed by atoms with Crippen LogP contribution in [0.5, 0.6) is 0 Å². The molecule has 0 unspecified atom stereocenters. The van der Waals surface area contributed by atoms with E-state index in [0.717, 1.165) is 31.2 Å². The third kappa shape index (κ3) is 3.82. The molecule has 1 N–H and O–H groups in total. The molecule has 1 fully saturated rings. The molecule has 2 aromatic heterocycles. The highest BCUT2D eigenvalue weighted by Gasteiger charge is 2.34. The van der Waals surface area contributed by atoms with Crippen LogP contribution < -0.4 is 5.32 Å². The highest BCUT2D eigenvalue weighted by atomic mass is 35.5. The molecule has 1 saturated carbocycles. The molecule has 0 amide bonds. The van der Waals surface area contributed by atoms with E-state index in [9.17, 15) is 8.78 Å². The van der Waals surface area contributed by atoms with Crippen molar-refractivity contribution in [2.24, 2.45) is 0 Å². The molecule has 0 aliphatic heterocycles. The zero-order chi connectivity index (χ0) is 19.6. The molecule has 2 heterocycles. The van der Waals surface area contributed by atoms with Crippen LogP contribution in [-0.4, -0.2) is 20.2 Å². The first kappa shape index (κ1) is 18.7. The van der Waals surface area contributed by atoms with Gasteiger partial charge in [0.25, 0.3) is 11.8 Å². The zero-order valence-corrected chi connectivity index (χ0v) is 15.7. The fraction of sp³-hybridized carbons (Fsp3) is 0.368. The lowest BCUT2D eigenvalue weighted by Crippen LogP contribution is -2.38. The fourth-order valence-electron chi connectivity index (χ4n) is 3.57. The van der Waals surface area contributed by atoms with Gasteiger partial charge in [0.2, 0.25) is 5.95 Å². The van der Waals surface area contributed by atoms with Gasteiger partial charge in [-0.15, -0.1) is 10.2 Å². The van der Waals surface area contributed by atoms with Crippen LogP contribution >= 0.6 is 11.6 Å². The van der Waals surface area contributed by atoms with Crippen LogP contribution in [0.25, 0.3) is 11.5 Å². The molecule has 1 aromatic carbocycles. The fourth-order valence-corrected chi connectivity index (χ4v) is 3.69. The number of nitrogens with one attached hydrogen (secondary N) is 1. The molecule has 1 aliphatic carbocycles. The van der Waals surface area contributed by atoms with Crippen molar-refractivity contribution in [2.45, 2.75) is 44.1 Å². The zero-order valence-electron chi connectivity index (χ0n) is 14.9. The third-order valence-corrected chi connectivity index (χ3v) is 5.23. The summed E-state index contributed by atoms with van der Waals surface area (Å²) in [6, 6.07) is 7.82. The van der Waals surface area contributed by atoms with Crippen LogP contribution in [0.3, 0.4) is 0 Å². The summed E-state index contributed by atoms with van der Waals surface area (Å²) < 4.78 is 30.1. The van der Waals surface area contributed by atoms with E-state index in [1.807, 2.05) is 24.3 Å². The maximum atomic E-state index is 12.6. The van der Waals surface area contributed by atoms with E-state index in [2.05, 4.69) is 25.5 Å². The standard InChI is InChI=1S/C19H18ClF2N5O/c20-14-6-4-13(5-7-14)19(8-2-1-3-9-19)25-18-23-10-12(11-24-18)16-26-27-17(28-16)15(21)22/h4-7,10-11,15H,1-3,8-9H2,(H,23,24,25). The van der Waals surface area contributed by atoms with E-state index in [1.54, 1.807) is 0 Å². The van der Waals surface area contributed by atoms with Crippen LogP contribution in [0, 0.1) is 0 Å². The number of anilines is 1. The maximum Gasteiger partial charge on any atom is 0.314 e. The van der Waals surface area contributed by atoms with Crippen molar-refractivity contribution in [3.63, 3.8) is 0 Å². The molecular formula is C19H18ClF2N5O. The van der Waals surface area contributed by atoms with Gasteiger partial charge in [0.1, 0.15) is 0 Å². The Labute approximate surface area is 165 Å². The second kappa shape index (κ2) is 7.79. The smallest absolute Gasteiger partial charge is 0.314 e. The molecule has 146 valence electrons. The van der Waals surface area contributed by atoms with Gasteiger partial charge in [-0.3, -0.25) is 0 Å². The predicted octanol–water partition coefficient (Wildman–Crippen LogP) is 5.39. The summed E-state index contributed by atoms with van der Waals surface area (Å²) in [6.45, 7) is 0. The molecule has 0 bridgehead atoms. The van der Waals surface area contributed by atoms with Gasteiger partial charge >= 0.3 is 6.43 Å². The van der Waals surface area contributed by atoms with E-state index >= 15 is 0 Å². The summed E-state index contributed by atoms with van der Waals surface area (Å²) in [5.74, 6) is -0.303. The van der Waals surface area contributed by atoms with Crippen LogP contribution in [0.1, 0.15) is 50.0 Å². The van der Waals surface area contributed by atoms with E-state index in [0.29, 0.717) is 16.5 Å². The Morgan fingerprint density at radius 3 is 2.29 bits per heavy atom. The topological polar surface area (TPSA) is 76.7 Å². The van der Waals surface area contributed by atoms with E-state index in [4.69, 9.17) is 16.0 Å². The van der Waals surface area contributed by atoms with Crippen molar-refractivity contribution in [3.8, 4) is 11.5 Å². The number of aromatic nitrogens is 4. The molecule has 0 spiro atoms. The third-order valence-electron chi connectivity index (χ3n) is 4.98. The molecule has 4 rings (SSSR count). The number of hydrogen-bond acceptors (Lipinski definition) is 6.